The predicted molar refractivity (Wildman–Crippen MR) is 84.0 cm³/mol. The molecule has 2 aromatic rings. The van der Waals surface area contributed by atoms with Crippen molar-refractivity contribution in [3.8, 4) is 0 Å². The highest BCUT2D eigenvalue weighted by Gasteiger charge is 2.19. The molecular formula is C15H20N2OS. The summed E-state index contributed by atoms with van der Waals surface area (Å²) in [4.78, 5) is 4.61. The van der Waals surface area contributed by atoms with Crippen LogP contribution in [-0.4, -0.2) is 34.2 Å². The van der Waals surface area contributed by atoms with Crippen LogP contribution in [0.2, 0.25) is 0 Å². The molecule has 0 radical (unpaired) electrons. The first-order chi connectivity index (χ1) is 9.02. The van der Waals surface area contributed by atoms with Crippen molar-refractivity contribution in [3.63, 3.8) is 0 Å². The van der Waals surface area contributed by atoms with E-state index >= 15 is 0 Å². The second-order valence-corrected chi connectivity index (χ2v) is 6.00. The van der Waals surface area contributed by atoms with Gasteiger partial charge in [0.15, 0.2) is 0 Å². The van der Waals surface area contributed by atoms with Crippen LogP contribution in [0.4, 0.5) is 5.82 Å². The molecule has 0 aliphatic heterocycles. The lowest BCUT2D eigenvalue weighted by molar-refractivity contribution is 0.0996. The molecule has 3 nitrogen and oxygen atoms in total. The third kappa shape index (κ3) is 3.61. The maximum atomic E-state index is 10.2. The summed E-state index contributed by atoms with van der Waals surface area (Å²) in [5.41, 5.74) is 1.35. The van der Waals surface area contributed by atoms with E-state index in [1.54, 1.807) is 11.8 Å². The topological polar surface area (TPSA) is 45.1 Å². The lowest BCUT2D eigenvalue weighted by atomic mass is 10.1. The fourth-order valence-electron chi connectivity index (χ4n) is 2.04. The number of thioether (sulfide) groups is 1. The molecule has 19 heavy (non-hydrogen) atoms. The van der Waals surface area contributed by atoms with E-state index in [1.165, 1.54) is 0 Å². The van der Waals surface area contributed by atoms with E-state index in [4.69, 9.17) is 0 Å². The molecule has 0 saturated carbocycles. The third-order valence-corrected chi connectivity index (χ3v) is 3.92. The number of aryl methyl sites for hydroxylation is 1. The number of hydrogen-bond acceptors (Lipinski definition) is 4. The van der Waals surface area contributed by atoms with Crippen LogP contribution in [0.25, 0.3) is 10.9 Å². The fraction of sp³-hybridized carbons (Fsp3) is 0.400. The number of rotatable bonds is 5. The molecule has 102 valence electrons. The highest BCUT2D eigenvalue weighted by atomic mass is 32.2. The van der Waals surface area contributed by atoms with Gasteiger partial charge in [-0.3, -0.25) is 0 Å². The highest BCUT2D eigenvalue weighted by Crippen LogP contribution is 2.20. The zero-order chi connectivity index (χ0) is 13.9. The summed E-state index contributed by atoms with van der Waals surface area (Å²) in [6, 6.07) is 10.2. The summed E-state index contributed by atoms with van der Waals surface area (Å²) in [5, 5.41) is 14.6. The van der Waals surface area contributed by atoms with Gasteiger partial charge >= 0.3 is 0 Å². The molecule has 0 spiro atoms. The lowest BCUT2D eigenvalue weighted by Crippen LogP contribution is -2.36. The van der Waals surface area contributed by atoms with E-state index in [0.717, 1.165) is 22.3 Å². The summed E-state index contributed by atoms with van der Waals surface area (Å²) < 4.78 is 0. The Balaban J connectivity index is 2.18. The Morgan fingerprint density at radius 3 is 2.84 bits per heavy atom. The molecule has 1 unspecified atom stereocenters. The van der Waals surface area contributed by atoms with E-state index in [9.17, 15) is 5.11 Å². The molecule has 1 aromatic carbocycles. The zero-order valence-corrected chi connectivity index (χ0v) is 12.4. The number of nitrogens with zero attached hydrogens (tertiary/aromatic N) is 1. The molecule has 1 aromatic heterocycles. The van der Waals surface area contributed by atoms with Gasteiger partial charge in [-0.2, -0.15) is 11.8 Å². The standard InChI is InChI=1S/C15H20N2OS/c1-11-8-12-6-4-5-7-13(12)17-14(11)16-9-15(2,18)10-19-3/h4-8,18H,9-10H2,1-3H3,(H,16,17). The molecule has 1 atom stereocenters. The largest absolute Gasteiger partial charge is 0.387 e. The Bertz CT molecular complexity index is 569. The van der Waals surface area contributed by atoms with Crippen molar-refractivity contribution >= 4 is 28.5 Å². The van der Waals surface area contributed by atoms with Crippen LogP contribution in [0.3, 0.4) is 0 Å². The molecule has 2 N–H and O–H groups in total. The molecule has 0 aliphatic rings. The number of fused-ring (bicyclic) bond motifs is 1. The van der Waals surface area contributed by atoms with Crippen molar-refractivity contribution in [3.05, 3.63) is 35.9 Å². The molecule has 0 bridgehead atoms. The van der Waals surface area contributed by atoms with Gasteiger partial charge in [-0.25, -0.2) is 4.98 Å². The second kappa shape index (κ2) is 5.80. The van der Waals surface area contributed by atoms with Crippen LogP contribution in [0.1, 0.15) is 12.5 Å². The van der Waals surface area contributed by atoms with Crippen molar-refractivity contribution in [2.75, 3.05) is 23.9 Å². The normalized spacial score (nSPS) is 14.3. The minimum absolute atomic E-state index is 0.500. The summed E-state index contributed by atoms with van der Waals surface area (Å²) in [6.07, 6.45) is 1.99. The van der Waals surface area contributed by atoms with E-state index in [1.807, 2.05) is 38.3 Å². The molecule has 2 rings (SSSR count). The van der Waals surface area contributed by atoms with E-state index in [-0.39, 0.29) is 0 Å². The summed E-state index contributed by atoms with van der Waals surface area (Å²) in [5.74, 6) is 1.55. The number of pyridine rings is 1. The molecule has 0 amide bonds. The number of para-hydroxylation sites is 1. The summed E-state index contributed by atoms with van der Waals surface area (Å²) >= 11 is 1.64. The minimum Gasteiger partial charge on any atom is -0.387 e. The van der Waals surface area contributed by atoms with Crippen molar-refractivity contribution < 1.29 is 5.11 Å². The van der Waals surface area contributed by atoms with Crippen LogP contribution in [0, 0.1) is 6.92 Å². The average Bonchev–Trinajstić information content (AvgIpc) is 2.36. The number of nitrogens with one attached hydrogen (secondary N) is 1. The van der Waals surface area contributed by atoms with Gasteiger partial charge in [0, 0.05) is 17.7 Å². The number of aliphatic hydroxyl groups is 1. The number of aromatic nitrogens is 1. The van der Waals surface area contributed by atoms with Crippen LogP contribution in [0.15, 0.2) is 30.3 Å². The first-order valence-electron chi connectivity index (χ1n) is 6.33. The van der Waals surface area contributed by atoms with Crippen molar-refractivity contribution in [2.45, 2.75) is 19.4 Å². The number of hydrogen-bond donors (Lipinski definition) is 2. The third-order valence-electron chi connectivity index (χ3n) is 3.01. The Morgan fingerprint density at radius 1 is 1.37 bits per heavy atom. The minimum atomic E-state index is -0.723. The van der Waals surface area contributed by atoms with Gasteiger partial charge in [-0.15, -0.1) is 0 Å². The molecule has 4 heteroatoms. The van der Waals surface area contributed by atoms with Crippen LogP contribution >= 0.6 is 11.8 Å². The zero-order valence-electron chi connectivity index (χ0n) is 11.6. The van der Waals surface area contributed by atoms with Crippen molar-refractivity contribution in [1.29, 1.82) is 0 Å². The number of anilines is 1. The van der Waals surface area contributed by atoms with Gasteiger partial charge in [0.1, 0.15) is 5.82 Å². The lowest BCUT2D eigenvalue weighted by Gasteiger charge is -2.23. The van der Waals surface area contributed by atoms with Gasteiger partial charge in [-0.1, -0.05) is 18.2 Å². The summed E-state index contributed by atoms with van der Waals surface area (Å²) in [6.45, 7) is 4.37. The van der Waals surface area contributed by atoms with Crippen molar-refractivity contribution in [2.24, 2.45) is 0 Å². The van der Waals surface area contributed by atoms with Crippen LogP contribution in [-0.2, 0) is 0 Å². The average molecular weight is 276 g/mol. The Morgan fingerprint density at radius 2 is 2.11 bits per heavy atom. The second-order valence-electron chi connectivity index (χ2n) is 5.13. The quantitative estimate of drug-likeness (QED) is 0.881. The molecule has 1 heterocycles. The molecular weight excluding hydrogens is 256 g/mol. The fourth-order valence-corrected chi connectivity index (χ4v) is 2.76. The predicted octanol–water partition coefficient (Wildman–Crippen LogP) is 3.07. The molecule has 0 fully saturated rings. The molecule has 0 saturated heterocycles. The Kier molecular flexibility index (Phi) is 4.32. The number of benzene rings is 1. The maximum Gasteiger partial charge on any atom is 0.129 e. The van der Waals surface area contributed by atoms with Gasteiger partial charge in [-0.05, 0) is 37.8 Å². The highest BCUT2D eigenvalue weighted by molar-refractivity contribution is 7.98. The maximum absolute atomic E-state index is 10.2. The van der Waals surface area contributed by atoms with Gasteiger partial charge in [0.05, 0.1) is 11.1 Å². The first-order valence-corrected chi connectivity index (χ1v) is 7.73. The van der Waals surface area contributed by atoms with Gasteiger partial charge in [0.2, 0.25) is 0 Å². The molecule has 0 aliphatic carbocycles. The summed E-state index contributed by atoms with van der Waals surface area (Å²) in [7, 11) is 0. The monoisotopic (exact) mass is 276 g/mol. The van der Waals surface area contributed by atoms with Gasteiger partial charge < -0.3 is 10.4 Å². The van der Waals surface area contributed by atoms with E-state index < -0.39 is 5.60 Å². The van der Waals surface area contributed by atoms with Crippen molar-refractivity contribution in [1.82, 2.24) is 4.98 Å². The van der Waals surface area contributed by atoms with E-state index in [2.05, 4.69) is 22.4 Å². The van der Waals surface area contributed by atoms with Crippen LogP contribution in [0.5, 0.6) is 0 Å². The Labute approximate surface area is 118 Å². The Hall–Kier alpha value is -1.26. The SMILES string of the molecule is CSCC(C)(O)CNc1nc2ccccc2cc1C. The van der Waals surface area contributed by atoms with E-state index in [0.29, 0.717) is 12.3 Å². The first kappa shape index (κ1) is 14.2. The van der Waals surface area contributed by atoms with Crippen LogP contribution < -0.4 is 5.32 Å². The van der Waals surface area contributed by atoms with Gasteiger partial charge in [0.25, 0.3) is 0 Å². The smallest absolute Gasteiger partial charge is 0.129 e.